The van der Waals surface area contributed by atoms with E-state index in [1.165, 1.54) is 12.0 Å². The molecule has 0 aromatic heterocycles. The number of nitrogens with one attached hydrogen (secondary N) is 1. The first kappa shape index (κ1) is 17.3. The lowest BCUT2D eigenvalue weighted by Gasteiger charge is -2.15. The molecular weight excluding hydrogens is 368 g/mol. The lowest BCUT2D eigenvalue weighted by atomic mass is 10.2. The molecule has 2 N–H and O–H groups in total. The van der Waals surface area contributed by atoms with Gasteiger partial charge in [0.2, 0.25) is 0 Å². The third kappa shape index (κ3) is 3.65. The van der Waals surface area contributed by atoms with E-state index in [1.807, 2.05) is 0 Å². The summed E-state index contributed by atoms with van der Waals surface area (Å²) >= 11 is 3.39. The van der Waals surface area contributed by atoms with Crippen LogP contribution in [0.5, 0.6) is 5.75 Å². The normalized spacial score (nSPS) is 14.3. The molecule has 1 aliphatic heterocycles. The molecule has 124 valence electrons. The zero-order valence-corrected chi connectivity index (χ0v) is 14.3. The largest absolute Gasteiger partial charge is 0.497 e. The van der Waals surface area contributed by atoms with Crippen LogP contribution < -0.4 is 10.1 Å². The van der Waals surface area contributed by atoms with Crippen molar-refractivity contribution in [3.63, 3.8) is 0 Å². The van der Waals surface area contributed by atoms with Gasteiger partial charge in [-0.05, 0) is 34.1 Å². The van der Waals surface area contributed by atoms with E-state index >= 15 is 0 Å². The van der Waals surface area contributed by atoms with Crippen LogP contribution in [0.1, 0.15) is 0 Å². The number of ether oxygens (including phenoxy) is 2. The highest BCUT2D eigenvalue weighted by atomic mass is 79.9. The van der Waals surface area contributed by atoms with E-state index in [2.05, 4.69) is 21.2 Å². The SMILES string of the molecule is COC(=O)C1=C(Nc2ccc(OC)cc2Br)C(=O)N(CCO)C1. The number of benzene rings is 1. The Hall–Kier alpha value is -2.06. The lowest BCUT2D eigenvalue weighted by Crippen LogP contribution is -2.31. The molecule has 8 heteroatoms. The topological polar surface area (TPSA) is 88.1 Å². The van der Waals surface area contributed by atoms with Crippen LogP contribution in [-0.4, -0.2) is 55.8 Å². The Morgan fingerprint density at radius 1 is 1.43 bits per heavy atom. The minimum absolute atomic E-state index is 0.0994. The van der Waals surface area contributed by atoms with Gasteiger partial charge in [0.15, 0.2) is 0 Å². The van der Waals surface area contributed by atoms with Gasteiger partial charge >= 0.3 is 5.97 Å². The summed E-state index contributed by atoms with van der Waals surface area (Å²) in [5, 5.41) is 12.0. The molecule has 0 atom stereocenters. The number of nitrogens with zero attached hydrogens (tertiary/aromatic N) is 1. The highest BCUT2D eigenvalue weighted by molar-refractivity contribution is 9.10. The monoisotopic (exact) mass is 384 g/mol. The minimum Gasteiger partial charge on any atom is -0.497 e. The standard InChI is InChI=1S/C15H17BrN2O5/c1-22-9-3-4-12(11(16)7-9)17-13-10(15(21)23-2)8-18(5-6-19)14(13)20/h3-4,7,17,19H,5-6,8H2,1-2H3. The van der Waals surface area contributed by atoms with E-state index in [0.717, 1.165) is 0 Å². The van der Waals surface area contributed by atoms with E-state index in [0.29, 0.717) is 15.9 Å². The molecule has 0 saturated carbocycles. The first-order valence-electron chi connectivity index (χ1n) is 6.84. The number of anilines is 1. The summed E-state index contributed by atoms with van der Waals surface area (Å²) in [6.45, 7) is 0.0656. The average molecular weight is 385 g/mol. The van der Waals surface area contributed by atoms with Crippen LogP contribution >= 0.6 is 15.9 Å². The molecule has 7 nitrogen and oxygen atoms in total. The van der Waals surface area contributed by atoms with Crippen molar-refractivity contribution in [2.75, 3.05) is 39.2 Å². The molecule has 1 aromatic carbocycles. The Morgan fingerprint density at radius 2 is 2.17 bits per heavy atom. The molecule has 1 aliphatic rings. The number of halogens is 1. The Kier molecular flexibility index (Phi) is 5.62. The molecule has 0 unspecified atom stereocenters. The van der Waals surface area contributed by atoms with Gasteiger partial charge in [0.1, 0.15) is 11.4 Å². The van der Waals surface area contributed by atoms with Gasteiger partial charge in [0.05, 0.1) is 38.6 Å². The molecule has 1 heterocycles. The van der Waals surface area contributed by atoms with E-state index in [1.54, 1.807) is 25.3 Å². The third-order valence-electron chi connectivity index (χ3n) is 3.39. The Labute approximate surface area is 142 Å². The van der Waals surface area contributed by atoms with Crippen molar-refractivity contribution >= 4 is 33.5 Å². The molecule has 0 spiro atoms. The second-order valence-electron chi connectivity index (χ2n) is 4.77. The van der Waals surface area contributed by atoms with Crippen LogP contribution in [-0.2, 0) is 14.3 Å². The van der Waals surface area contributed by atoms with E-state index in [4.69, 9.17) is 14.6 Å². The summed E-state index contributed by atoms with van der Waals surface area (Å²) < 4.78 is 10.5. The highest BCUT2D eigenvalue weighted by Crippen LogP contribution is 2.30. The maximum absolute atomic E-state index is 12.4. The van der Waals surface area contributed by atoms with Crippen molar-refractivity contribution in [3.05, 3.63) is 33.9 Å². The van der Waals surface area contributed by atoms with E-state index < -0.39 is 5.97 Å². The lowest BCUT2D eigenvalue weighted by molar-refractivity contribution is -0.136. The quantitative estimate of drug-likeness (QED) is 0.714. The molecule has 0 radical (unpaired) electrons. The van der Waals surface area contributed by atoms with Gasteiger partial charge in [-0.1, -0.05) is 0 Å². The fraction of sp³-hybridized carbons (Fsp3) is 0.333. The van der Waals surface area contributed by atoms with Crippen molar-refractivity contribution < 1.29 is 24.2 Å². The van der Waals surface area contributed by atoms with Crippen molar-refractivity contribution in [3.8, 4) is 5.75 Å². The Balaban J connectivity index is 2.33. The summed E-state index contributed by atoms with van der Waals surface area (Å²) in [7, 11) is 2.81. The number of methoxy groups -OCH3 is 2. The second-order valence-corrected chi connectivity index (χ2v) is 5.62. The van der Waals surface area contributed by atoms with Crippen LogP contribution in [0.25, 0.3) is 0 Å². The summed E-state index contributed by atoms with van der Waals surface area (Å²) in [6.07, 6.45) is 0. The number of hydrogen-bond donors (Lipinski definition) is 2. The molecule has 0 saturated heterocycles. The number of aliphatic hydroxyl groups excluding tert-OH is 1. The highest BCUT2D eigenvalue weighted by Gasteiger charge is 2.34. The number of β-amino-alcohol motifs (C(OH)–C–C–N with tert-alkyl or cyclic N) is 1. The first-order valence-corrected chi connectivity index (χ1v) is 7.63. The molecule has 1 aromatic rings. The number of carbonyl (C=O) groups excluding carboxylic acids is 2. The maximum Gasteiger partial charge on any atom is 0.337 e. The van der Waals surface area contributed by atoms with E-state index in [-0.39, 0.29) is 36.9 Å². The van der Waals surface area contributed by atoms with Gasteiger partial charge in [0.25, 0.3) is 5.91 Å². The van der Waals surface area contributed by atoms with Crippen molar-refractivity contribution in [2.45, 2.75) is 0 Å². The average Bonchev–Trinajstić information content (AvgIpc) is 2.85. The predicted octanol–water partition coefficient (Wildman–Crippen LogP) is 1.13. The molecule has 0 bridgehead atoms. The van der Waals surface area contributed by atoms with Gasteiger partial charge in [0, 0.05) is 11.0 Å². The van der Waals surface area contributed by atoms with Crippen molar-refractivity contribution in [1.82, 2.24) is 4.90 Å². The van der Waals surface area contributed by atoms with Gasteiger partial charge < -0.3 is 24.8 Å². The molecule has 23 heavy (non-hydrogen) atoms. The molecule has 0 fully saturated rings. The number of aliphatic hydroxyl groups is 1. The molecular formula is C15H17BrN2O5. The summed E-state index contributed by atoms with van der Waals surface area (Å²) in [6, 6.07) is 5.20. The first-order chi connectivity index (χ1) is 11.0. The van der Waals surface area contributed by atoms with Gasteiger partial charge in [-0.3, -0.25) is 4.79 Å². The zero-order chi connectivity index (χ0) is 17.0. The Morgan fingerprint density at radius 3 is 2.74 bits per heavy atom. The summed E-state index contributed by atoms with van der Waals surface area (Å²) in [4.78, 5) is 25.7. The van der Waals surface area contributed by atoms with Crippen LogP contribution in [0, 0.1) is 0 Å². The number of hydrogen-bond acceptors (Lipinski definition) is 6. The fourth-order valence-electron chi connectivity index (χ4n) is 2.21. The van der Waals surface area contributed by atoms with E-state index in [9.17, 15) is 9.59 Å². The van der Waals surface area contributed by atoms with Gasteiger partial charge in [-0.2, -0.15) is 0 Å². The van der Waals surface area contributed by atoms with Crippen LogP contribution in [0.3, 0.4) is 0 Å². The Bertz CT molecular complexity index is 659. The number of rotatable bonds is 6. The smallest absolute Gasteiger partial charge is 0.337 e. The van der Waals surface area contributed by atoms with Gasteiger partial charge in [-0.15, -0.1) is 0 Å². The fourth-order valence-corrected chi connectivity index (χ4v) is 2.66. The molecule has 2 rings (SSSR count). The predicted molar refractivity (Wildman–Crippen MR) is 87.0 cm³/mol. The van der Waals surface area contributed by atoms with Crippen molar-refractivity contribution in [1.29, 1.82) is 0 Å². The second kappa shape index (κ2) is 7.47. The molecule has 0 aliphatic carbocycles. The number of amides is 1. The van der Waals surface area contributed by atoms with Crippen LogP contribution in [0.15, 0.2) is 33.9 Å². The maximum atomic E-state index is 12.4. The molecule has 1 amide bonds. The minimum atomic E-state index is -0.578. The summed E-state index contributed by atoms with van der Waals surface area (Å²) in [5.41, 5.74) is 0.992. The van der Waals surface area contributed by atoms with Gasteiger partial charge in [-0.25, -0.2) is 4.79 Å². The third-order valence-corrected chi connectivity index (χ3v) is 4.05. The number of esters is 1. The van der Waals surface area contributed by atoms with Crippen LogP contribution in [0.2, 0.25) is 0 Å². The number of carbonyl (C=O) groups is 2. The van der Waals surface area contributed by atoms with Crippen LogP contribution in [0.4, 0.5) is 5.69 Å². The zero-order valence-electron chi connectivity index (χ0n) is 12.8. The van der Waals surface area contributed by atoms with Crippen molar-refractivity contribution in [2.24, 2.45) is 0 Å². The summed E-state index contributed by atoms with van der Waals surface area (Å²) in [5.74, 6) is -0.280.